The van der Waals surface area contributed by atoms with Crippen molar-refractivity contribution in [3.8, 4) is 0 Å². The summed E-state index contributed by atoms with van der Waals surface area (Å²) in [7, 11) is 1.27. The second-order valence-electron chi connectivity index (χ2n) is 5.94. The van der Waals surface area contributed by atoms with E-state index in [0.29, 0.717) is 5.56 Å². The summed E-state index contributed by atoms with van der Waals surface area (Å²) in [4.78, 5) is 24.6. The molecule has 0 radical (unpaired) electrons. The molecule has 3 aromatic carbocycles. The van der Waals surface area contributed by atoms with Gasteiger partial charge in [0.15, 0.2) is 0 Å². The molecule has 0 unspecified atom stereocenters. The van der Waals surface area contributed by atoms with Crippen LogP contribution in [0, 0.1) is 5.82 Å². The number of carbonyl (C=O) groups excluding carboxylic acids is 2. The first-order valence-electron chi connectivity index (χ1n) is 8.19. The second kappa shape index (κ2) is 7.78. The molecule has 26 heavy (non-hydrogen) atoms. The van der Waals surface area contributed by atoms with Gasteiger partial charge in [-0.25, -0.2) is 9.18 Å². The highest BCUT2D eigenvalue weighted by Crippen LogP contribution is 2.16. The lowest BCUT2D eigenvalue weighted by atomic mass is 10.0. The zero-order valence-corrected chi connectivity index (χ0v) is 14.2. The third-order valence-corrected chi connectivity index (χ3v) is 4.16. The number of methoxy groups -OCH3 is 1. The molecule has 1 atom stereocenters. The summed E-state index contributed by atoms with van der Waals surface area (Å²) in [5.41, 5.74) is 1.18. The number of carbonyl (C=O) groups is 2. The zero-order valence-electron chi connectivity index (χ0n) is 14.2. The van der Waals surface area contributed by atoms with E-state index in [4.69, 9.17) is 4.74 Å². The molecule has 0 aliphatic carbocycles. The average Bonchev–Trinajstić information content (AvgIpc) is 2.68. The SMILES string of the molecule is COC(=O)[C@@H](Cc1ccc(F)cc1)NC(=O)c1ccc2ccccc2c1. The van der Waals surface area contributed by atoms with Crippen LogP contribution in [0.4, 0.5) is 4.39 Å². The van der Waals surface area contributed by atoms with Gasteiger partial charge in [-0.3, -0.25) is 4.79 Å². The van der Waals surface area contributed by atoms with E-state index in [1.165, 1.54) is 19.2 Å². The first-order valence-corrected chi connectivity index (χ1v) is 8.19. The predicted molar refractivity (Wildman–Crippen MR) is 97.3 cm³/mol. The Hall–Kier alpha value is -3.21. The Morgan fingerprint density at radius 2 is 1.69 bits per heavy atom. The molecule has 1 N–H and O–H groups in total. The Morgan fingerprint density at radius 3 is 2.38 bits per heavy atom. The van der Waals surface area contributed by atoms with Gasteiger partial charge in [0.1, 0.15) is 11.9 Å². The molecule has 3 aromatic rings. The molecular weight excluding hydrogens is 333 g/mol. The van der Waals surface area contributed by atoms with E-state index in [0.717, 1.165) is 16.3 Å². The van der Waals surface area contributed by atoms with Crippen LogP contribution in [0.5, 0.6) is 0 Å². The highest BCUT2D eigenvalue weighted by Gasteiger charge is 2.22. The number of esters is 1. The van der Waals surface area contributed by atoms with Crippen LogP contribution in [0.3, 0.4) is 0 Å². The van der Waals surface area contributed by atoms with Gasteiger partial charge in [0.25, 0.3) is 5.91 Å². The van der Waals surface area contributed by atoms with E-state index in [1.54, 1.807) is 24.3 Å². The van der Waals surface area contributed by atoms with Gasteiger partial charge < -0.3 is 10.1 Å². The van der Waals surface area contributed by atoms with Crippen molar-refractivity contribution in [3.63, 3.8) is 0 Å². The van der Waals surface area contributed by atoms with Crippen molar-refractivity contribution >= 4 is 22.6 Å². The lowest BCUT2D eigenvalue weighted by molar-refractivity contribution is -0.142. The summed E-state index contributed by atoms with van der Waals surface area (Å²) < 4.78 is 17.8. The summed E-state index contributed by atoms with van der Waals surface area (Å²) in [6.45, 7) is 0. The van der Waals surface area contributed by atoms with Crippen LogP contribution in [-0.2, 0) is 16.0 Å². The van der Waals surface area contributed by atoms with Crippen LogP contribution in [0.2, 0.25) is 0 Å². The predicted octanol–water partition coefficient (Wildman–Crippen LogP) is 3.49. The lowest BCUT2D eigenvalue weighted by Crippen LogP contribution is -2.43. The van der Waals surface area contributed by atoms with Gasteiger partial charge in [0, 0.05) is 12.0 Å². The number of rotatable bonds is 5. The van der Waals surface area contributed by atoms with Gasteiger partial charge in [0.05, 0.1) is 7.11 Å². The molecule has 0 fully saturated rings. The molecule has 5 heteroatoms. The van der Waals surface area contributed by atoms with Crippen LogP contribution >= 0.6 is 0 Å². The minimum absolute atomic E-state index is 0.215. The maximum absolute atomic E-state index is 13.0. The fourth-order valence-corrected chi connectivity index (χ4v) is 2.76. The molecule has 0 heterocycles. The third-order valence-electron chi connectivity index (χ3n) is 4.16. The van der Waals surface area contributed by atoms with E-state index in [2.05, 4.69) is 5.32 Å². The molecule has 0 aromatic heterocycles. The quantitative estimate of drug-likeness (QED) is 0.716. The number of fused-ring (bicyclic) bond motifs is 1. The van der Waals surface area contributed by atoms with Gasteiger partial charge in [-0.2, -0.15) is 0 Å². The topological polar surface area (TPSA) is 55.4 Å². The summed E-state index contributed by atoms with van der Waals surface area (Å²) in [6, 6.07) is 18.0. The van der Waals surface area contributed by atoms with Crippen molar-refractivity contribution in [2.75, 3.05) is 7.11 Å². The van der Waals surface area contributed by atoms with Gasteiger partial charge in [-0.05, 0) is 40.6 Å². The average molecular weight is 351 g/mol. The zero-order chi connectivity index (χ0) is 18.5. The molecule has 4 nitrogen and oxygen atoms in total. The van der Waals surface area contributed by atoms with Crippen LogP contribution < -0.4 is 5.32 Å². The van der Waals surface area contributed by atoms with Gasteiger partial charge >= 0.3 is 5.97 Å². The number of benzene rings is 3. The summed E-state index contributed by atoms with van der Waals surface area (Å²) in [5.74, 6) is -1.28. The monoisotopic (exact) mass is 351 g/mol. The normalized spacial score (nSPS) is 11.8. The molecule has 0 bridgehead atoms. The Bertz CT molecular complexity index is 937. The molecule has 0 spiro atoms. The highest BCUT2D eigenvalue weighted by molar-refractivity contribution is 6.00. The highest BCUT2D eigenvalue weighted by atomic mass is 19.1. The van der Waals surface area contributed by atoms with Crippen LogP contribution in [0.1, 0.15) is 15.9 Å². The largest absolute Gasteiger partial charge is 0.467 e. The molecule has 1 amide bonds. The van der Waals surface area contributed by atoms with Gasteiger partial charge in [-0.15, -0.1) is 0 Å². The Morgan fingerprint density at radius 1 is 1.00 bits per heavy atom. The third kappa shape index (κ3) is 4.06. The number of amides is 1. The van der Waals surface area contributed by atoms with Crippen molar-refractivity contribution in [1.29, 1.82) is 0 Å². The van der Waals surface area contributed by atoms with E-state index in [1.807, 2.05) is 30.3 Å². The van der Waals surface area contributed by atoms with Crippen molar-refractivity contribution in [1.82, 2.24) is 5.32 Å². The van der Waals surface area contributed by atoms with Crippen LogP contribution in [0.15, 0.2) is 66.7 Å². The maximum atomic E-state index is 13.0. The number of hydrogen-bond acceptors (Lipinski definition) is 3. The van der Waals surface area contributed by atoms with E-state index in [-0.39, 0.29) is 18.1 Å². The Labute approximate surface area is 150 Å². The minimum Gasteiger partial charge on any atom is -0.467 e. The smallest absolute Gasteiger partial charge is 0.328 e. The van der Waals surface area contributed by atoms with E-state index in [9.17, 15) is 14.0 Å². The summed E-state index contributed by atoms with van der Waals surface area (Å²) in [6.07, 6.45) is 0.215. The lowest BCUT2D eigenvalue weighted by Gasteiger charge is -2.17. The summed E-state index contributed by atoms with van der Waals surface area (Å²) >= 11 is 0. The number of hydrogen-bond donors (Lipinski definition) is 1. The van der Waals surface area contributed by atoms with Crippen molar-refractivity contribution in [3.05, 3.63) is 83.7 Å². The maximum Gasteiger partial charge on any atom is 0.328 e. The molecule has 0 aliphatic rings. The van der Waals surface area contributed by atoms with Crippen LogP contribution in [0.25, 0.3) is 10.8 Å². The molecule has 0 saturated carbocycles. The van der Waals surface area contributed by atoms with Crippen LogP contribution in [-0.4, -0.2) is 25.0 Å². The fourth-order valence-electron chi connectivity index (χ4n) is 2.76. The number of halogens is 1. The standard InChI is InChI=1S/C21H18FNO3/c1-26-21(25)19(12-14-6-10-18(22)11-7-14)23-20(24)17-9-8-15-4-2-3-5-16(15)13-17/h2-11,13,19H,12H2,1H3,(H,23,24)/t19-/m1/s1. The number of ether oxygens (including phenoxy) is 1. The van der Waals surface area contributed by atoms with Crippen molar-refractivity contribution in [2.24, 2.45) is 0 Å². The van der Waals surface area contributed by atoms with Crippen molar-refractivity contribution in [2.45, 2.75) is 12.5 Å². The number of nitrogens with one attached hydrogen (secondary N) is 1. The molecule has 132 valence electrons. The summed E-state index contributed by atoms with van der Waals surface area (Å²) in [5, 5.41) is 4.67. The van der Waals surface area contributed by atoms with Gasteiger partial charge in [0.2, 0.25) is 0 Å². The Balaban J connectivity index is 1.79. The Kier molecular flexibility index (Phi) is 5.27. The first-order chi connectivity index (χ1) is 12.6. The van der Waals surface area contributed by atoms with E-state index >= 15 is 0 Å². The second-order valence-corrected chi connectivity index (χ2v) is 5.94. The fraction of sp³-hybridized carbons (Fsp3) is 0.143. The minimum atomic E-state index is -0.857. The molecule has 0 aliphatic heterocycles. The molecule has 3 rings (SSSR count). The van der Waals surface area contributed by atoms with Gasteiger partial charge in [-0.1, -0.05) is 42.5 Å². The van der Waals surface area contributed by atoms with Crippen molar-refractivity contribution < 1.29 is 18.7 Å². The molecule has 0 saturated heterocycles. The first kappa shape index (κ1) is 17.6. The van der Waals surface area contributed by atoms with E-state index < -0.39 is 12.0 Å². The molecular formula is C21H18FNO3.